The van der Waals surface area contributed by atoms with E-state index in [4.69, 9.17) is 4.42 Å². The standard InChI is InChI=1S/C13H10F3NO3S/c1-21-7-9-3-5-12(20-9)10-4-2-8(13(14,15)16)6-11(10)17(18)19/h2-6H,7H2,1H3. The molecule has 0 amide bonds. The van der Waals surface area contributed by atoms with Crippen molar-refractivity contribution < 1.29 is 22.5 Å². The van der Waals surface area contributed by atoms with Crippen molar-refractivity contribution in [2.45, 2.75) is 11.9 Å². The molecule has 0 aliphatic carbocycles. The number of nitro benzene ring substituents is 1. The van der Waals surface area contributed by atoms with Gasteiger partial charge < -0.3 is 4.42 Å². The van der Waals surface area contributed by atoms with Crippen molar-refractivity contribution in [1.82, 2.24) is 0 Å². The second-order valence-corrected chi connectivity index (χ2v) is 5.05. The van der Waals surface area contributed by atoms with Gasteiger partial charge in [0.25, 0.3) is 5.69 Å². The monoisotopic (exact) mass is 317 g/mol. The molecule has 112 valence electrons. The molecule has 0 unspecified atom stereocenters. The molecule has 1 aromatic carbocycles. The van der Waals surface area contributed by atoms with E-state index in [9.17, 15) is 23.3 Å². The highest BCUT2D eigenvalue weighted by molar-refractivity contribution is 7.97. The average Bonchev–Trinajstić information content (AvgIpc) is 2.86. The molecule has 0 bridgehead atoms. The molecular formula is C13H10F3NO3S. The highest BCUT2D eigenvalue weighted by Gasteiger charge is 2.33. The summed E-state index contributed by atoms with van der Waals surface area (Å²) in [6, 6.07) is 5.54. The maximum absolute atomic E-state index is 12.6. The molecule has 21 heavy (non-hydrogen) atoms. The molecule has 0 fully saturated rings. The lowest BCUT2D eigenvalue weighted by Gasteiger charge is -2.07. The minimum absolute atomic E-state index is 0.0281. The molecule has 2 rings (SSSR count). The number of hydrogen-bond donors (Lipinski definition) is 0. The summed E-state index contributed by atoms with van der Waals surface area (Å²) < 4.78 is 43.3. The normalized spacial score (nSPS) is 11.6. The quantitative estimate of drug-likeness (QED) is 0.604. The summed E-state index contributed by atoms with van der Waals surface area (Å²) in [6.45, 7) is 0. The van der Waals surface area contributed by atoms with Crippen LogP contribution in [0.5, 0.6) is 0 Å². The van der Waals surface area contributed by atoms with Crippen LogP contribution < -0.4 is 0 Å². The number of hydrogen-bond acceptors (Lipinski definition) is 4. The Morgan fingerprint density at radius 2 is 2.00 bits per heavy atom. The summed E-state index contributed by atoms with van der Waals surface area (Å²) in [5, 5.41) is 11.0. The maximum atomic E-state index is 12.6. The molecule has 0 spiro atoms. The fourth-order valence-corrected chi connectivity index (χ4v) is 2.25. The lowest BCUT2D eigenvalue weighted by Crippen LogP contribution is -2.06. The first-order chi connectivity index (χ1) is 9.82. The van der Waals surface area contributed by atoms with Crippen molar-refractivity contribution in [2.75, 3.05) is 6.26 Å². The van der Waals surface area contributed by atoms with Gasteiger partial charge in [-0.1, -0.05) is 0 Å². The van der Waals surface area contributed by atoms with Crippen molar-refractivity contribution in [1.29, 1.82) is 0 Å². The molecule has 0 saturated carbocycles. The number of nitro groups is 1. The van der Waals surface area contributed by atoms with E-state index < -0.39 is 22.4 Å². The lowest BCUT2D eigenvalue weighted by atomic mass is 10.1. The fraction of sp³-hybridized carbons (Fsp3) is 0.231. The van der Waals surface area contributed by atoms with Gasteiger partial charge in [-0.3, -0.25) is 10.1 Å². The Balaban J connectivity index is 2.49. The third kappa shape index (κ3) is 3.38. The van der Waals surface area contributed by atoms with Crippen molar-refractivity contribution in [3.63, 3.8) is 0 Å². The summed E-state index contributed by atoms with van der Waals surface area (Å²) in [7, 11) is 0. The predicted octanol–water partition coefficient (Wildman–Crippen LogP) is 4.74. The van der Waals surface area contributed by atoms with Crippen LogP contribution in [0.1, 0.15) is 11.3 Å². The van der Waals surface area contributed by atoms with Crippen molar-refractivity contribution >= 4 is 17.4 Å². The Morgan fingerprint density at radius 1 is 1.29 bits per heavy atom. The lowest BCUT2D eigenvalue weighted by molar-refractivity contribution is -0.384. The molecular weight excluding hydrogens is 307 g/mol. The molecule has 0 aliphatic rings. The topological polar surface area (TPSA) is 56.3 Å². The third-order valence-corrected chi connectivity index (χ3v) is 3.31. The van der Waals surface area contributed by atoms with E-state index in [1.165, 1.54) is 17.8 Å². The molecule has 0 saturated heterocycles. The molecule has 1 aromatic heterocycles. The third-order valence-electron chi connectivity index (χ3n) is 2.74. The highest BCUT2D eigenvalue weighted by Crippen LogP contribution is 2.37. The van der Waals surface area contributed by atoms with Gasteiger partial charge in [-0.05, 0) is 30.5 Å². The minimum Gasteiger partial charge on any atom is -0.460 e. The number of alkyl halides is 3. The van der Waals surface area contributed by atoms with Gasteiger partial charge in [0.1, 0.15) is 11.5 Å². The number of nitrogens with zero attached hydrogens (tertiary/aromatic N) is 1. The van der Waals surface area contributed by atoms with Crippen LogP contribution in [0.4, 0.5) is 18.9 Å². The first-order valence-electron chi connectivity index (χ1n) is 5.76. The van der Waals surface area contributed by atoms with Crippen molar-refractivity contribution in [3.8, 4) is 11.3 Å². The SMILES string of the molecule is CSCc1ccc(-c2ccc(C(F)(F)F)cc2[N+](=O)[O-])o1. The van der Waals surface area contributed by atoms with Crippen LogP contribution in [0.3, 0.4) is 0 Å². The van der Waals surface area contributed by atoms with Gasteiger partial charge in [0.2, 0.25) is 0 Å². The first-order valence-corrected chi connectivity index (χ1v) is 7.16. The van der Waals surface area contributed by atoms with Gasteiger partial charge in [0.05, 0.1) is 21.8 Å². The zero-order valence-electron chi connectivity index (χ0n) is 10.8. The molecule has 2 aromatic rings. The van der Waals surface area contributed by atoms with Crippen LogP contribution in [0.2, 0.25) is 0 Å². The van der Waals surface area contributed by atoms with E-state index in [0.717, 1.165) is 12.1 Å². The van der Waals surface area contributed by atoms with Gasteiger partial charge in [-0.15, -0.1) is 0 Å². The molecule has 0 atom stereocenters. The van der Waals surface area contributed by atoms with Crippen LogP contribution in [-0.4, -0.2) is 11.2 Å². The first kappa shape index (κ1) is 15.4. The largest absolute Gasteiger partial charge is 0.460 e. The van der Waals surface area contributed by atoms with E-state index in [1.807, 2.05) is 6.26 Å². The summed E-state index contributed by atoms with van der Waals surface area (Å²) >= 11 is 1.50. The second kappa shape index (κ2) is 5.80. The summed E-state index contributed by atoms with van der Waals surface area (Å²) in [5.74, 6) is 1.36. The van der Waals surface area contributed by atoms with E-state index >= 15 is 0 Å². The Bertz CT molecular complexity index is 667. The van der Waals surface area contributed by atoms with Gasteiger partial charge in [0.15, 0.2) is 0 Å². The van der Waals surface area contributed by atoms with E-state index in [2.05, 4.69) is 0 Å². The summed E-state index contributed by atoms with van der Waals surface area (Å²) in [6.07, 6.45) is -2.76. The van der Waals surface area contributed by atoms with Gasteiger partial charge in [0, 0.05) is 6.07 Å². The smallest absolute Gasteiger partial charge is 0.416 e. The van der Waals surface area contributed by atoms with Gasteiger partial charge in [-0.25, -0.2) is 0 Å². The second-order valence-electron chi connectivity index (χ2n) is 4.19. The number of benzene rings is 1. The molecule has 0 radical (unpaired) electrons. The summed E-state index contributed by atoms with van der Waals surface area (Å²) in [5.41, 5.74) is -1.66. The molecule has 0 N–H and O–H groups in total. The molecule has 1 heterocycles. The number of thioether (sulfide) groups is 1. The zero-order chi connectivity index (χ0) is 15.6. The van der Waals surface area contributed by atoms with Crippen LogP contribution >= 0.6 is 11.8 Å². The van der Waals surface area contributed by atoms with Gasteiger partial charge >= 0.3 is 6.18 Å². The van der Waals surface area contributed by atoms with Crippen LogP contribution in [0, 0.1) is 10.1 Å². The number of furan rings is 1. The number of rotatable bonds is 4. The Labute approximate surface area is 122 Å². The van der Waals surface area contributed by atoms with Crippen LogP contribution in [0.25, 0.3) is 11.3 Å². The zero-order valence-corrected chi connectivity index (χ0v) is 11.6. The Morgan fingerprint density at radius 3 is 2.57 bits per heavy atom. The maximum Gasteiger partial charge on any atom is 0.416 e. The van der Waals surface area contributed by atoms with Gasteiger partial charge in [-0.2, -0.15) is 24.9 Å². The molecule has 4 nitrogen and oxygen atoms in total. The van der Waals surface area contributed by atoms with Crippen molar-refractivity contribution in [2.24, 2.45) is 0 Å². The fourth-order valence-electron chi connectivity index (χ4n) is 1.81. The van der Waals surface area contributed by atoms with Crippen LogP contribution in [-0.2, 0) is 11.9 Å². The average molecular weight is 317 g/mol. The minimum atomic E-state index is -4.63. The Hall–Kier alpha value is -1.96. The Kier molecular flexibility index (Phi) is 4.26. The van der Waals surface area contributed by atoms with E-state index in [0.29, 0.717) is 17.6 Å². The highest BCUT2D eigenvalue weighted by atomic mass is 32.2. The summed E-state index contributed by atoms with van der Waals surface area (Å²) in [4.78, 5) is 10.2. The van der Waals surface area contributed by atoms with E-state index in [-0.39, 0.29) is 11.3 Å². The van der Waals surface area contributed by atoms with Crippen molar-refractivity contribution in [3.05, 3.63) is 51.8 Å². The predicted molar refractivity (Wildman–Crippen MR) is 73.0 cm³/mol. The molecule has 8 heteroatoms. The molecule has 0 aliphatic heterocycles. The van der Waals surface area contributed by atoms with Crippen LogP contribution in [0.15, 0.2) is 34.7 Å². The van der Waals surface area contributed by atoms with E-state index in [1.54, 1.807) is 6.07 Å². The number of halogens is 3.